The Kier molecular flexibility index (Phi) is 5.41. The van der Waals surface area contributed by atoms with Crippen LogP contribution in [0.3, 0.4) is 0 Å². The molecule has 1 N–H and O–H groups in total. The van der Waals surface area contributed by atoms with Gasteiger partial charge in [-0.05, 0) is 37.5 Å². The van der Waals surface area contributed by atoms with Gasteiger partial charge in [-0.15, -0.1) is 0 Å². The number of nitrogens with one attached hydrogen (secondary N) is 1. The summed E-state index contributed by atoms with van der Waals surface area (Å²) in [7, 11) is -3.36. The van der Waals surface area contributed by atoms with Gasteiger partial charge in [0.05, 0.1) is 4.90 Å². The van der Waals surface area contributed by atoms with Crippen molar-refractivity contribution in [3.05, 3.63) is 29.3 Å². The van der Waals surface area contributed by atoms with E-state index in [4.69, 9.17) is 0 Å². The minimum atomic E-state index is -3.36. The van der Waals surface area contributed by atoms with Gasteiger partial charge >= 0.3 is 0 Å². The standard InChI is InChI=1S/C16H22N2O4S/c1-12-5-6-13(23(2,21)22)11-14(12)16(20)17-8-7-15(19)18-9-3-4-10-18/h5-6,11H,3-4,7-10H2,1-2H3,(H,17,20). The number of benzene rings is 1. The number of amides is 2. The molecule has 0 radical (unpaired) electrons. The van der Waals surface area contributed by atoms with Crippen molar-refractivity contribution in [2.24, 2.45) is 0 Å². The molecule has 0 unspecified atom stereocenters. The number of sulfone groups is 1. The maximum atomic E-state index is 12.2. The van der Waals surface area contributed by atoms with Crippen LogP contribution in [-0.2, 0) is 14.6 Å². The Bertz CT molecular complexity index is 707. The lowest BCUT2D eigenvalue weighted by molar-refractivity contribution is -0.129. The van der Waals surface area contributed by atoms with Gasteiger partial charge in [0.1, 0.15) is 0 Å². The Hall–Kier alpha value is -1.89. The molecule has 0 saturated carbocycles. The molecule has 0 spiro atoms. The summed E-state index contributed by atoms with van der Waals surface area (Å²) in [6, 6.07) is 4.47. The van der Waals surface area contributed by atoms with Crippen molar-refractivity contribution in [3.63, 3.8) is 0 Å². The lowest BCUT2D eigenvalue weighted by Crippen LogP contribution is -2.33. The van der Waals surface area contributed by atoms with Crippen LogP contribution in [0, 0.1) is 6.92 Å². The van der Waals surface area contributed by atoms with Gasteiger partial charge in [0.15, 0.2) is 9.84 Å². The summed E-state index contributed by atoms with van der Waals surface area (Å²) < 4.78 is 23.2. The Labute approximate surface area is 136 Å². The average molecular weight is 338 g/mol. The number of hydrogen-bond acceptors (Lipinski definition) is 4. The third-order valence-electron chi connectivity index (χ3n) is 3.97. The molecule has 7 heteroatoms. The van der Waals surface area contributed by atoms with Gasteiger partial charge in [-0.2, -0.15) is 0 Å². The third kappa shape index (κ3) is 4.54. The lowest BCUT2D eigenvalue weighted by atomic mass is 10.1. The van der Waals surface area contributed by atoms with Crippen molar-refractivity contribution >= 4 is 21.7 Å². The number of rotatable bonds is 5. The van der Waals surface area contributed by atoms with Crippen molar-refractivity contribution in [3.8, 4) is 0 Å². The Morgan fingerprint density at radius 2 is 1.87 bits per heavy atom. The summed E-state index contributed by atoms with van der Waals surface area (Å²) in [6.45, 7) is 3.58. The van der Waals surface area contributed by atoms with Crippen LogP contribution < -0.4 is 5.32 Å². The summed E-state index contributed by atoms with van der Waals surface area (Å²) in [5.41, 5.74) is 1.02. The zero-order valence-electron chi connectivity index (χ0n) is 13.5. The van der Waals surface area contributed by atoms with E-state index >= 15 is 0 Å². The van der Waals surface area contributed by atoms with E-state index in [0.29, 0.717) is 11.1 Å². The first-order chi connectivity index (χ1) is 10.8. The SMILES string of the molecule is Cc1ccc(S(C)(=O)=O)cc1C(=O)NCCC(=O)N1CCCC1. The van der Waals surface area contributed by atoms with Crippen molar-refractivity contribution in [1.29, 1.82) is 0 Å². The van der Waals surface area contributed by atoms with E-state index in [1.165, 1.54) is 12.1 Å². The van der Waals surface area contributed by atoms with Crippen LogP contribution in [0.25, 0.3) is 0 Å². The minimum Gasteiger partial charge on any atom is -0.352 e. The molecule has 23 heavy (non-hydrogen) atoms. The fraction of sp³-hybridized carbons (Fsp3) is 0.500. The van der Waals surface area contributed by atoms with Crippen LogP contribution in [0.2, 0.25) is 0 Å². The molecule has 0 aliphatic carbocycles. The van der Waals surface area contributed by atoms with E-state index in [-0.39, 0.29) is 29.7 Å². The van der Waals surface area contributed by atoms with E-state index in [1.807, 2.05) is 4.90 Å². The van der Waals surface area contributed by atoms with E-state index in [0.717, 1.165) is 32.2 Å². The van der Waals surface area contributed by atoms with Crippen molar-refractivity contribution in [2.75, 3.05) is 25.9 Å². The quantitative estimate of drug-likeness (QED) is 0.873. The summed E-state index contributed by atoms with van der Waals surface area (Å²) in [5.74, 6) is -0.313. The van der Waals surface area contributed by atoms with Gasteiger partial charge in [0.25, 0.3) is 5.91 Å². The van der Waals surface area contributed by atoms with Crippen LogP contribution in [0.15, 0.2) is 23.1 Å². The molecule has 126 valence electrons. The summed E-state index contributed by atoms with van der Waals surface area (Å²) in [6.07, 6.45) is 3.44. The second-order valence-corrected chi connectivity index (χ2v) is 7.86. The second kappa shape index (κ2) is 7.12. The largest absolute Gasteiger partial charge is 0.352 e. The van der Waals surface area contributed by atoms with Crippen molar-refractivity contribution < 1.29 is 18.0 Å². The van der Waals surface area contributed by atoms with Gasteiger partial charge < -0.3 is 10.2 Å². The average Bonchev–Trinajstić information content (AvgIpc) is 3.00. The molecule has 0 atom stereocenters. The monoisotopic (exact) mass is 338 g/mol. The fourth-order valence-electron chi connectivity index (χ4n) is 2.58. The Morgan fingerprint density at radius 3 is 2.48 bits per heavy atom. The number of aryl methyl sites for hydroxylation is 1. The fourth-order valence-corrected chi connectivity index (χ4v) is 3.23. The number of carbonyl (C=O) groups is 2. The molecule has 0 bridgehead atoms. The zero-order valence-corrected chi connectivity index (χ0v) is 14.3. The van der Waals surface area contributed by atoms with Crippen molar-refractivity contribution in [2.45, 2.75) is 31.1 Å². The first kappa shape index (κ1) is 17.5. The van der Waals surface area contributed by atoms with Crippen LogP contribution in [0.1, 0.15) is 35.2 Å². The highest BCUT2D eigenvalue weighted by Crippen LogP contribution is 2.15. The summed E-state index contributed by atoms with van der Waals surface area (Å²) in [4.78, 5) is 26.0. The Balaban J connectivity index is 1.96. The second-order valence-electron chi connectivity index (χ2n) is 5.84. The molecule has 2 amide bonds. The predicted octanol–water partition coefficient (Wildman–Crippen LogP) is 1.14. The van der Waals surface area contributed by atoms with E-state index in [9.17, 15) is 18.0 Å². The first-order valence-electron chi connectivity index (χ1n) is 7.66. The van der Waals surface area contributed by atoms with Gasteiger partial charge in [-0.25, -0.2) is 8.42 Å². The van der Waals surface area contributed by atoms with Gasteiger partial charge in [-0.1, -0.05) is 6.07 Å². The predicted molar refractivity (Wildman–Crippen MR) is 87.1 cm³/mol. The van der Waals surface area contributed by atoms with Crippen LogP contribution in [0.4, 0.5) is 0 Å². The number of nitrogens with zero attached hydrogens (tertiary/aromatic N) is 1. The number of hydrogen-bond donors (Lipinski definition) is 1. The molecule has 1 fully saturated rings. The normalized spacial score (nSPS) is 14.8. The molecular formula is C16H22N2O4S. The molecule has 1 aliphatic rings. The molecule has 1 aromatic rings. The molecule has 6 nitrogen and oxygen atoms in total. The molecule has 1 saturated heterocycles. The molecule has 2 rings (SSSR count). The highest BCUT2D eigenvalue weighted by atomic mass is 32.2. The minimum absolute atomic E-state index is 0.0457. The zero-order chi connectivity index (χ0) is 17.0. The van der Waals surface area contributed by atoms with Crippen LogP contribution >= 0.6 is 0 Å². The van der Waals surface area contributed by atoms with Gasteiger partial charge in [0, 0.05) is 37.9 Å². The highest BCUT2D eigenvalue weighted by molar-refractivity contribution is 7.90. The number of carbonyl (C=O) groups excluding carboxylic acids is 2. The molecule has 1 heterocycles. The highest BCUT2D eigenvalue weighted by Gasteiger charge is 2.18. The van der Waals surface area contributed by atoms with Crippen LogP contribution in [0.5, 0.6) is 0 Å². The van der Waals surface area contributed by atoms with E-state index in [1.54, 1.807) is 13.0 Å². The maximum Gasteiger partial charge on any atom is 0.251 e. The smallest absolute Gasteiger partial charge is 0.251 e. The first-order valence-corrected chi connectivity index (χ1v) is 9.55. The molecule has 1 aliphatic heterocycles. The van der Waals surface area contributed by atoms with Crippen molar-refractivity contribution in [1.82, 2.24) is 10.2 Å². The Morgan fingerprint density at radius 1 is 1.22 bits per heavy atom. The number of likely N-dealkylation sites (tertiary alicyclic amines) is 1. The molecule has 0 aromatic heterocycles. The third-order valence-corrected chi connectivity index (χ3v) is 5.08. The van der Waals surface area contributed by atoms with Crippen LogP contribution in [-0.4, -0.2) is 51.0 Å². The molecular weight excluding hydrogens is 316 g/mol. The van der Waals surface area contributed by atoms with E-state index in [2.05, 4.69) is 5.32 Å². The molecule has 1 aromatic carbocycles. The summed E-state index contributed by atoms with van der Waals surface area (Å²) in [5, 5.41) is 2.69. The maximum absolute atomic E-state index is 12.2. The van der Waals surface area contributed by atoms with Gasteiger partial charge in [0.2, 0.25) is 5.91 Å². The van der Waals surface area contributed by atoms with E-state index < -0.39 is 9.84 Å². The summed E-state index contributed by atoms with van der Waals surface area (Å²) >= 11 is 0. The topological polar surface area (TPSA) is 83.5 Å². The van der Waals surface area contributed by atoms with Gasteiger partial charge in [-0.3, -0.25) is 9.59 Å². The lowest BCUT2D eigenvalue weighted by Gasteiger charge is -2.15.